The van der Waals surface area contributed by atoms with Gasteiger partial charge in [-0.1, -0.05) is 0 Å². The minimum Gasteiger partial charge on any atom is -0.463 e. The van der Waals surface area contributed by atoms with Crippen LogP contribution in [0.4, 0.5) is 0 Å². The van der Waals surface area contributed by atoms with Crippen molar-refractivity contribution in [2.45, 2.75) is 6.92 Å². The standard InChI is InChI=1S/C10H10N4O3/c1-6-8(12-14-9(6)15)10(16)13-11-5-7-3-2-4-17-7/h2-5H,1H3,(H,13,16)(H2,12,14,15). The second-order valence-corrected chi connectivity index (χ2v) is 3.29. The van der Waals surface area contributed by atoms with Crippen molar-refractivity contribution in [2.75, 3.05) is 0 Å². The predicted molar refractivity (Wildman–Crippen MR) is 59.9 cm³/mol. The molecule has 0 bridgehead atoms. The summed E-state index contributed by atoms with van der Waals surface area (Å²) in [6.07, 6.45) is 2.86. The highest BCUT2D eigenvalue weighted by molar-refractivity contribution is 5.94. The summed E-state index contributed by atoms with van der Waals surface area (Å²) in [5, 5.41) is 8.47. The minimum atomic E-state index is -0.497. The zero-order valence-corrected chi connectivity index (χ0v) is 8.98. The number of furan rings is 1. The Kier molecular flexibility index (Phi) is 2.91. The van der Waals surface area contributed by atoms with Gasteiger partial charge in [0.25, 0.3) is 11.5 Å². The molecule has 2 aromatic heterocycles. The van der Waals surface area contributed by atoms with Crippen LogP contribution in [0.25, 0.3) is 0 Å². The highest BCUT2D eigenvalue weighted by Crippen LogP contribution is 1.97. The Morgan fingerprint density at radius 3 is 2.94 bits per heavy atom. The predicted octanol–water partition coefficient (Wildman–Crippen LogP) is 0.368. The van der Waals surface area contributed by atoms with E-state index < -0.39 is 5.91 Å². The molecule has 2 rings (SSSR count). The Labute approximate surface area is 95.5 Å². The van der Waals surface area contributed by atoms with Gasteiger partial charge < -0.3 is 4.42 Å². The normalized spacial score (nSPS) is 10.9. The summed E-state index contributed by atoms with van der Waals surface area (Å²) in [4.78, 5) is 22.6. The maximum atomic E-state index is 11.6. The summed E-state index contributed by atoms with van der Waals surface area (Å²) in [5.74, 6) is 0.0215. The van der Waals surface area contributed by atoms with Gasteiger partial charge in [-0.2, -0.15) is 5.10 Å². The number of hydrazone groups is 1. The molecular weight excluding hydrogens is 224 g/mol. The minimum absolute atomic E-state index is 0.159. The van der Waals surface area contributed by atoms with Gasteiger partial charge in [0.2, 0.25) is 0 Å². The lowest BCUT2D eigenvalue weighted by molar-refractivity contribution is 0.0949. The molecule has 17 heavy (non-hydrogen) atoms. The molecule has 0 aliphatic heterocycles. The molecule has 0 aliphatic carbocycles. The van der Waals surface area contributed by atoms with Gasteiger partial charge in [-0.25, -0.2) is 5.43 Å². The van der Waals surface area contributed by atoms with E-state index in [4.69, 9.17) is 4.42 Å². The van der Waals surface area contributed by atoms with E-state index in [2.05, 4.69) is 20.7 Å². The lowest BCUT2D eigenvalue weighted by Gasteiger charge is -1.96. The van der Waals surface area contributed by atoms with Crippen LogP contribution in [0.1, 0.15) is 21.8 Å². The smallest absolute Gasteiger partial charge is 0.289 e. The fourth-order valence-electron chi connectivity index (χ4n) is 1.22. The maximum Gasteiger partial charge on any atom is 0.289 e. The average Bonchev–Trinajstić information content (AvgIpc) is 2.91. The van der Waals surface area contributed by atoms with Crippen molar-refractivity contribution < 1.29 is 9.21 Å². The van der Waals surface area contributed by atoms with E-state index in [1.807, 2.05) is 0 Å². The quantitative estimate of drug-likeness (QED) is 0.528. The lowest BCUT2D eigenvalue weighted by Crippen LogP contribution is -2.19. The van der Waals surface area contributed by atoms with Crippen molar-refractivity contribution in [3.05, 3.63) is 45.8 Å². The van der Waals surface area contributed by atoms with E-state index in [0.29, 0.717) is 11.3 Å². The number of carbonyl (C=O) groups excluding carboxylic acids is 1. The fourth-order valence-corrected chi connectivity index (χ4v) is 1.22. The number of hydrogen-bond acceptors (Lipinski definition) is 4. The van der Waals surface area contributed by atoms with Crippen LogP contribution in [-0.4, -0.2) is 22.3 Å². The van der Waals surface area contributed by atoms with Gasteiger partial charge in [0.1, 0.15) is 11.5 Å². The van der Waals surface area contributed by atoms with Crippen molar-refractivity contribution in [1.29, 1.82) is 0 Å². The molecule has 0 saturated carbocycles. The third kappa shape index (κ3) is 2.33. The number of aromatic amines is 2. The van der Waals surface area contributed by atoms with E-state index in [0.717, 1.165) is 0 Å². The third-order valence-corrected chi connectivity index (χ3v) is 2.14. The monoisotopic (exact) mass is 234 g/mol. The highest BCUT2D eigenvalue weighted by atomic mass is 16.3. The number of hydrogen-bond donors (Lipinski definition) is 3. The van der Waals surface area contributed by atoms with E-state index in [9.17, 15) is 9.59 Å². The van der Waals surface area contributed by atoms with Crippen LogP contribution in [0.15, 0.2) is 32.7 Å². The van der Waals surface area contributed by atoms with Gasteiger partial charge in [-0.15, -0.1) is 0 Å². The van der Waals surface area contributed by atoms with Crippen molar-refractivity contribution >= 4 is 12.1 Å². The Morgan fingerprint density at radius 2 is 2.35 bits per heavy atom. The van der Waals surface area contributed by atoms with Gasteiger partial charge in [-0.05, 0) is 19.1 Å². The van der Waals surface area contributed by atoms with E-state index in [-0.39, 0.29) is 11.3 Å². The summed E-state index contributed by atoms with van der Waals surface area (Å²) in [5.41, 5.74) is 2.42. The zero-order valence-electron chi connectivity index (χ0n) is 8.98. The van der Waals surface area contributed by atoms with Gasteiger partial charge in [0.05, 0.1) is 12.5 Å². The molecule has 2 heterocycles. The Bertz CT molecular complexity index is 591. The molecule has 0 saturated heterocycles. The summed E-state index contributed by atoms with van der Waals surface area (Å²) >= 11 is 0. The van der Waals surface area contributed by atoms with Crippen molar-refractivity contribution in [3.63, 3.8) is 0 Å². The number of nitrogens with one attached hydrogen (secondary N) is 3. The second-order valence-electron chi connectivity index (χ2n) is 3.29. The van der Waals surface area contributed by atoms with Gasteiger partial charge in [0.15, 0.2) is 0 Å². The first-order valence-electron chi connectivity index (χ1n) is 4.82. The van der Waals surface area contributed by atoms with Gasteiger partial charge >= 0.3 is 0 Å². The molecule has 0 aromatic carbocycles. The Balaban J connectivity index is 2.03. The largest absolute Gasteiger partial charge is 0.463 e. The summed E-state index contributed by atoms with van der Waals surface area (Å²) in [7, 11) is 0. The van der Waals surface area contributed by atoms with E-state index in [1.165, 1.54) is 12.5 Å². The molecule has 0 unspecified atom stereocenters. The molecule has 7 heteroatoms. The van der Waals surface area contributed by atoms with E-state index >= 15 is 0 Å². The van der Waals surface area contributed by atoms with Crippen LogP contribution in [0.3, 0.4) is 0 Å². The summed E-state index contributed by atoms with van der Waals surface area (Å²) in [6, 6.07) is 3.40. The molecule has 1 amide bonds. The molecule has 3 N–H and O–H groups in total. The summed E-state index contributed by atoms with van der Waals surface area (Å²) in [6.45, 7) is 1.54. The average molecular weight is 234 g/mol. The molecule has 7 nitrogen and oxygen atoms in total. The molecular formula is C10H10N4O3. The number of aromatic nitrogens is 2. The molecule has 0 aliphatic rings. The SMILES string of the molecule is Cc1c(C(=O)NN=Cc2ccco2)[nH][nH]c1=O. The van der Waals surface area contributed by atoms with Gasteiger partial charge in [0, 0.05) is 5.56 Å². The number of rotatable bonds is 3. The number of amides is 1. The molecule has 88 valence electrons. The molecule has 0 fully saturated rings. The first-order valence-corrected chi connectivity index (χ1v) is 4.82. The molecule has 0 radical (unpaired) electrons. The van der Waals surface area contributed by atoms with Crippen LogP contribution in [0.2, 0.25) is 0 Å². The molecule has 0 atom stereocenters. The maximum absolute atomic E-state index is 11.6. The zero-order chi connectivity index (χ0) is 12.3. The topological polar surface area (TPSA) is 103 Å². The molecule has 0 spiro atoms. The number of H-pyrrole nitrogens is 2. The Morgan fingerprint density at radius 1 is 1.53 bits per heavy atom. The van der Waals surface area contributed by atoms with Gasteiger partial charge in [-0.3, -0.25) is 19.8 Å². The fraction of sp³-hybridized carbons (Fsp3) is 0.100. The first-order chi connectivity index (χ1) is 8.18. The highest BCUT2D eigenvalue weighted by Gasteiger charge is 2.12. The molecule has 2 aromatic rings. The van der Waals surface area contributed by atoms with E-state index in [1.54, 1.807) is 19.1 Å². The summed E-state index contributed by atoms with van der Waals surface area (Å²) < 4.78 is 4.98. The third-order valence-electron chi connectivity index (χ3n) is 2.14. The van der Waals surface area contributed by atoms with Crippen molar-refractivity contribution in [1.82, 2.24) is 15.6 Å². The van der Waals surface area contributed by atoms with Crippen LogP contribution < -0.4 is 11.0 Å². The second kappa shape index (κ2) is 4.52. The lowest BCUT2D eigenvalue weighted by atomic mass is 10.3. The number of nitrogens with zero attached hydrogens (tertiary/aromatic N) is 1. The number of carbonyl (C=O) groups is 1. The van der Waals surface area contributed by atoms with Crippen molar-refractivity contribution in [3.8, 4) is 0 Å². The van der Waals surface area contributed by atoms with Crippen LogP contribution in [0, 0.1) is 6.92 Å². The Hall–Kier alpha value is -2.57. The van der Waals surface area contributed by atoms with Crippen LogP contribution in [-0.2, 0) is 0 Å². The van der Waals surface area contributed by atoms with Crippen LogP contribution in [0.5, 0.6) is 0 Å². The van der Waals surface area contributed by atoms with Crippen molar-refractivity contribution in [2.24, 2.45) is 5.10 Å². The first kappa shape index (κ1) is 10.9. The van der Waals surface area contributed by atoms with Crippen LogP contribution >= 0.6 is 0 Å².